The third-order valence-corrected chi connectivity index (χ3v) is 3.90. The van der Waals surface area contributed by atoms with E-state index in [9.17, 15) is 0 Å². The van der Waals surface area contributed by atoms with E-state index in [2.05, 4.69) is 16.5 Å². The second-order valence-electron chi connectivity index (χ2n) is 5.24. The molecule has 0 radical (unpaired) electrons. The highest BCUT2D eigenvalue weighted by Crippen LogP contribution is 2.35. The van der Waals surface area contributed by atoms with E-state index in [1.165, 1.54) is 0 Å². The van der Waals surface area contributed by atoms with Crippen LogP contribution in [-0.2, 0) is 23.1 Å². The first-order chi connectivity index (χ1) is 8.76. The number of hydrogen-bond donors (Lipinski definition) is 1. The first-order valence-electron chi connectivity index (χ1n) is 6.76. The Hall–Kier alpha value is -0.910. The molecule has 1 saturated carbocycles. The summed E-state index contributed by atoms with van der Waals surface area (Å²) in [6, 6.07) is 2.62. The van der Waals surface area contributed by atoms with E-state index in [1.54, 1.807) is 0 Å². The fraction of sp³-hybridized carbons (Fsp3) is 0.769. The van der Waals surface area contributed by atoms with E-state index in [4.69, 9.17) is 9.47 Å². The number of nitrogens with zero attached hydrogens (tertiary/aromatic N) is 2. The maximum atomic E-state index is 5.73. The Kier molecular flexibility index (Phi) is 3.37. The lowest BCUT2D eigenvalue weighted by Crippen LogP contribution is -2.41. The van der Waals surface area contributed by atoms with Crippen LogP contribution in [0.5, 0.6) is 0 Å². The van der Waals surface area contributed by atoms with Crippen molar-refractivity contribution in [1.82, 2.24) is 15.1 Å². The highest BCUT2D eigenvalue weighted by atomic mass is 16.7. The van der Waals surface area contributed by atoms with E-state index in [-0.39, 0.29) is 5.79 Å². The summed E-state index contributed by atoms with van der Waals surface area (Å²) >= 11 is 0. The zero-order chi connectivity index (χ0) is 12.4. The zero-order valence-electron chi connectivity index (χ0n) is 10.9. The molecular weight excluding hydrogens is 230 g/mol. The van der Waals surface area contributed by atoms with E-state index >= 15 is 0 Å². The molecule has 1 saturated heterocycles. The van der Waals surface area contributed by atoms with Crippen molar-refractivity contribution in [3.63, 3.8) is 0 Å². The lowest BCUT2D eigenvalue weighted by molar-refractivity contribution is -0.179. The Labute approximate surface area is 107 Å². The van der Waals surface area contributed by atoms with Gasteiger partial charge in [-0.2, -0.15) is 5.10 Å². The molecule has 5 nitrogen and oxygen atoms in total. The van der Waals surface area contributed by atoms with E-state index < -0.39 is 0 Å². The van der Waals surface area contributed by atoms with Crippen molar-refractivity contribution >= 4 is 0 Å². The molecule has 0 bridgehead atoms. The summed E-state index contributed by atoms with van der Waals surface area (Å²) < 4.78 is 13.3. The number of nitrogens with one attached hydrogen (secondary N) is 1. The minimum Gasteiger partial charge on any atom is -0.348 e. The minimum atomic E-state index is -0.247. The summed E-state index contributed by atoms with van der Waals surface area (Å²) in [7, 11) is 1.95. The topological polar surface area (TPSA) is 48.3 Å². The molecule has 1 N–H and O–H groups in total. The van der Waals surface area contributed by atoms with Gasteiger partial charge in [0.15, 0.2) is 5.79 Å². The van der Waals surface area contributed by atoms with Gasteiger partial charge in [0.2, 0.25) is 0 Å². The van der Waals surface area contributed by atoms with Gasteiger partial charge in [0, 0.05) is 38.7 Å². The lowest BCUT2D eigenvalue weighted by atomic mass is 9.90. The monoisotopic (exact) mass is 251 g/mol. The van der Waals surface area contributed by atoms with E-state index in [0.29, 0.717) is 6.04 Å². The molecule has 1 spiro atoms. The molecule has 3 rings (SSSR count). The van der Waals surface area contributed by atoms with Gasteiger partial charge < -0.3 is 14.8 Å². The molecule has 2 fully saturated rings. The van der Waals surface area contributed by atoms with Crippen molar-refractivity contribution in [2.45, 2.75) is 44.1 Å². The summed E-state index contributed by atoms with van der Waals surface area (Å²) in [5, 5.41) is 7.94. The average Bonchev–Trinajstić information content (AvgIpc) is 2.99. The molecule has 18 heavy (non-hydrogen) atoms. The maximum Gasteiger partial charge on any atom is 0.168 e. The van der Waals surface area contributed by atoms with Crippen LogP contribution in [0.2, 0.25) is 0 Å². The smallest absolute Gasteiger partial charge is 0.168 e. The van der Waals surface area contributed by atoms with Gasteiger partial charge in [0.25, 0.3) is 0 Å². The molecule has 0 aromatic carbocycles. The number of hydrogen-bond acceptors (Lipinski definition) is 4. The van der Waals surface area contributed by atoms with Gasteiger partial charge in [-0.15, -0.1) is 0 Å². The van der Waals surface area contributed by atoms with E-state index in [0.717, 1.165) is 51.1 Å². The Morgan fingerprint density at radius 1 is 1.39 bits per heavy atom. The molecule has 100 valence electrons. The molecule has 5 heteroatoms. The summed E-state index contributed by atoms with van der Waals surface area (Å²) in [4.78, 5) is 0. The van der Waals surface area contributed by atoms with Crippen LogP contribution in [0.4, 0.5) is 0 Å². The number of ether oxygens (including phenoxy) is 2. The first kappa shape index (κ1) is 12.1. The van der Waals surface area contributed by atoms with Crippen molar-refractivity contribution in [2.75, 3.05) is 13.2 Å². The minimum absolute atomic E-state index is 0.247. The summed E-state index contributed by atoms with van der Waals surface area (Å²) in [6.45, 7) is 2.36. The molecule has 0 unspecified atom stereocenters. The molecule has 1 aromatic rings. The first-order valence-corrected chi connectivity index (χ1v) is 6.76. The largest absolute Gasteiger partial charge is 0.348 e. The molecule has 1 aromatic heterocycles. The van der Waals surface area contributed by atoms with Crippen molar-refractivity contribution in [1.29, 1.82) is 0 Å². The molecular formula is C13H21N3O2. The number of rotatable bonds is 3. The molecule has 0 atom stereocenters. The molecule has 1 aliphatic carbocycles. The standard InChI is InChI=1S/C13H21N3O2/c1-16-7-4-12(15-16)10-14-11-2-5-13(6-3-11)17-8-9-18-13/h4,7,11,14H,2-3,5-6,8-10H2,1H3. The predicted molar refractivity (Wildman–Crippen MR) is 66.9 cm³/mol. The second kappa shape index (κ2) is 4.99. The van der Waals surface area contributed by atoms with Crippen molar-refractivity contribution in [3.8, 4) is 0 Å². The van der Waals surface area contributed by atoms with Crippen LogP contribution in [0, 0.1) is 0 Å². The SMILES string of the molecule is Cn1ccc(CNC2CCC3(CC2)OCCO3)n1. The van der Waals surface area contributed by atoms with Crippen LogP contribution in [-0.4, -0.2) is 34.8 Å². The summed E-state index contributed by atoms with van der Waals surface area (Å²) in [5.74, 6) is -0.247. The molecule has 2 aliphatic rings. The quantitative estimate of drug-likeness (QED) is 0.877. The molecule has 1 aliphatic heterocycles. The fourth-order valence-corrected chi connectivity index (χ4v) is 2.85. The second-order valence-corrected chi connectivity index (χ2v) is 5.24. The predicted octanol–water partition coefficient (Wildman–Crippen LogP) is 1.20. The highest BCUT2D eigenvalue weighted by molar-refractivity contribution is 4.98. The van der Waals surface area contributed by atoms with Crippen LogP contribution in [0.1, 0.15) is 31.4 Å². The molecule has 2 heterocycles. The van der Waals surface area contributed by atoms with Gasteiger partial charge in [-0.25, -0.2) is 0 Å². The normalized spacial score (nSPS) is 23.8. The van der Waals surface area contributed by atoms with Crippen LogP contribution in [0.25, 0.3) is 0 Å². The highest BCUT2D eigenvalue weighted by Gasteiger charge is 2.40. The third kappa shape index (κ3) is 2.58. The van der Waals surface area contributed by atoms with Gasteiger partial charge in [-0.05, 0) is 18.9 Å². The Morgan fingerprint density at radius 3 is 2.72 bits per heavy atom. The number of aryl methyl sites for hydroxylation is 1. The van der Waals surface area contributed by atoms with Gasteiger partial charge in [0.1, 0.15) is 0 Å². The summed E-state index contributed by atoms with van der Waals surface area (Å²) in [5.41, 5.74) is 1.10. The zero-order valence-corrected chi connectivity index (χ0v) is 10.9. The Balaban J connectivity index is 1.45. The Bertz CT molecular complexity index is 389. The van der Waals surface area contributed by atoms with Crippen LogP contribution < -0.4 is 5.32 Å². The van der Waals surface area contributed by atoms with Crippen molar-refractivity contribution < 1.29 is 9.47 Å². The average molecular weight is 251 g/mol. The Morgan fingerprint density at radius 2 is 2.11 bits per heavy atom. The summed E-state index contributed by atoms with van der Waals surface area (Å²) in [6.07, 6.45) is 6.23. The third-order valence-electron chi connectivity index (χ3n) is 3.90. The van der Waals surface area contributed by atoms with Crippen molar-refractivity contribution in [3.05, 3.63) is 18.0 Å². The van der Waals surface area contributed by atoms with Gasteiger partial charge in [0.05, 0.1) is 18.9 Å². The van der Waals surface area contributed by atoms with Gasteiger partial charge in [-0.3, -0.25) is 4.68 Å². The number of aromatic nitrogens is 2. The van der Waals surface area contributed by atoms with Gasteiger partial charge >= 0.3 is 0 Å². The van der Waals surface area contributed by atoms with E-state index in [1.807, 2.05) is 17.9 Å². The van der Waals surface area contributed by atoms with Crippen LogP contribution in [0.3, 0.4) is 0 Å². The lowest BCUT2D eigenvalue weighted by Gasteiger charge is -2.35. The molecule has 0 amide bonds. The van der Waals surface area contributed by atoms with Crippen molar-refractivity contribution in [2.24, 2.45) is 7.05 Å². The van der Waals surface area contributed by atoms with Crippen LogP contribution in [0.15, 0.2) is 12.3 Å². The fourth-order valence-electron chi connectivity index (χ4n) is 2.85. The maximum absolute atomic E-state index is 5.73. The van der Waals surface area contributed by atoms with Crippen LogP contribution >= 0.6 is 0 Å². The van der Waals surface area contributed by atoms with Gasteiger partial charge in [-0.1, -0.05) is 0 Å².